The first-order chi connectivity index (χ1) is 10.1. The van der Waals surface area contributed by atoms with Crippen LogP contribution in [0.15, 0.2) is 48.5 Å². The van der Waals surface area contributed by atoms with E-state index in [1.807, 2.05) is 6.92 Å². The Morgan fingerprint density at radius 2 is 1.86 bits per heavy atom. The Hall–Kier alpha value is -2.27. The standard InChI is InChI=1S/C16H17FN2O2/c1-2-18-16(14-5-3-4-6-15(14)17)11-12-7-9-13(10-8-12)19(20)21/h3-10,16,18H,2,11H2,1H3. The fraction of sp³-hybridized carbons (Fsp3) is 0.250. The van der Waals surface area contributed by atoms with E-state index in [9.17, 15) is 14.5 Å². The molecule has 1 atom stereocenters. The van der Waals surface area contributed by atoms with Crippen LogP contribution < -0.4 is 5.32 Å². The van der Waals surface area contributed by atoms with Gasteiger partial charge in [0, 0.05) is 23.7 Å². The van der Waals surface area contributed by atoms with E-state index in [-0.39, 0.29) is 17.5 Å². The molecule has 0 aliphatic heterocycles. The van der Waals surface area contributed by atoms with Crippen LogP contribution in [-0.2, 0) is 6.42 Å². The largest absolute Gasteiger partial charge is 0.310 e. The number of nitro groups is 1. The van der Waals surface area contributed by atoms with Crippen molar-refractivity contribution in [1.82, 2.24) is 5.32 Å². The van der Waals surface area contributed by atoms with Crippen LogP contribution in [0.3, 0.4) is 0 Å². The molecular weight excluding hydrogens is 271 g/mol. The number of nitrogens with zero attached hydrogens (tertiary/aromatic N) is 1. The maximum atomic E-state index is 13.9. The minimum atomic E-state index is -0.428. The molecule has 0 radical (unpaired) electrons. The van der Waals surface area contributed by atoms with E-state index in [1.54, 1.807) is 30.3 Å². The second-order valence-electron chi connectivity index (χ2n) is 4.76. The number of halogens is 1. The van der Waals surface area contributed by atoms with Crippen LogP contribution in [-0.4, -0.2) is 11.5 Å². The Bertz CT molecular complexity index is 614. The van der Waals surface area contributed by atoms with Gasteiger partial charge in [-0.25, -0.2) is 4.39 Å². The molecule has 1 unspecified atom stereocenters. The third-order valence-corrected chi connectivity index (χ3v) is 3.32. The summed E-state index contributed by atoms with van der Waals surface area (Å²) in [4.78, 5) is 10.2. The topological polar surface area (TPSA) is 55.2 Å². The van der Waals surface area contributed by atoms with Gasteiger partial charge in [0.25, 0.3) is 5.69 Å². The first-order valence-corrected chi connectivity index (χ1v) is 6.83. The number of rotatable bonds is 6. The highest BCUT2D eigenvalue weighted by Crippen LogP contribution is 2.22. The number of benzene rings is 2. The lowest BCUT2D eigenvalue weighted by Gasteiger charge is -2.19. The van der Waals surface area contributed by atoms with E-state index in [4.69, 9.17) is 0 Å². The zero-order chi connectivity index (χ0) is 15.2. The Morgan fingerprint density at radius 3 is 2.43 bits per heavy atom. The Kier molecular flexibility index (Phi) is 5.00. The summed E-state index contributed by atoms with van der Waals surface area (Å²) in [6.07, 6.45) is 0.576. The van der Waals surface area contributed by atoms with Gasteiger partial charge in [-0.15, -0.1) is 0 Å². The summed E-state index contributed by atoms with van der Waals surface area (Å²) in [5.74, 6) is -0.245. The first-order valence-electron chi connectivity index (χ1n) is 6.83. The summed E-state index contributed by atoms with van der Waals surface area (Å²) in [6, 6.07) is 12.9. The Morgan fingerprint density at radius 1 is 1.19 bits per heavy atom. The number of non-ortho nitro benzene ring substituents is 1. The monoisotopic (exact) mass is 288 g/mol. The summed E-state index contributed by atoms with van der Waals surface area (Å²) >= 11 is 0. The molecule has 0 amide bonds. The number of nitro benzene ring substituents is 1. The van der Waals surface area contributed by atoms with Crippen molar-refractivity contribution < 1.29 is 9.31 Å². The fourth-order valence-corrected chi connectivity index (χ4v) is 2.29. The lowest BCUT2D eigenvalue weighted by molar-refractivity contribution is -0.384. The van der Waals surface area contributed by atoms with Crippen molar-refractivity contribution in [2.24, 2.45) is 0 Å². The lowest BCUT2D eigenvalue weighted by Crippen LogP contribution is -2.23. The van der Waals surface area contributed by atoms with Crippen LogP contribution in [0, 0.1) is 15.9 Å². The van der Waals surface area contributed by atoms with Crippen LogP contribution in [0.25, 0.3) is 0 Å². The highest BCUT2D eigenvalue weighted by molar-refractivity contribution is 5.34. The van der Waals surface area contributed by atoms with Gasteiger partial charge in [0.15, 0.2) is 0 Å². The third-order valence-electron chi connectivity index (χ3n) is 3.32. The van der Waals surface area contributed by atoms with E-state index in [0.717, 1.165) is 5.56 Å². The van der Waals surface area contributed by atoms with Crippen molar-refractivity contribution >= 4 is 5.69 Å². The van der Waals surface area contributed by atoms with Crippen LogP contribution in [0.2, 0.25) is 0 Å². The highest BCUT2D eigenvalue weighted by Gasteiger charge is 2.15. The average Bonchev–Trinajstić information content (AvgIpc) is 2.48. The van der Waals surface area contributed by atoms with Crippen molar-refractivity contribution in [3.05, 3.63) is 75.6 Å². The van der Waals surface area contributed by atoms with Crippen molar-refractivity contribution in [1.29, 1.82) is 0 Å². The molecule has 4 nitrogen and oxygen atoms in total. The van der Waals surface area contributed by atoms with Crippen LogP contribution in [0.4, 0.5) is 10.1 Å². The number of nitrogens with one attached hydrogen (secondary N) is 1. The minimum Gasteiger partial charge on any atom is -0.310 e. The van der Waals surface area contributed by atoms with Gasteiger partial charge >= 0.3 is 0 Å². The summed E-state index contributed by atoms with van der Waals surface area (Å²) in [5.41, 5.74) is 1.59. The highest BCUT2D eigenvalue weighted by atomic mass is 19.1. The Balaban J connectivity index is 2.20. The van der Waals surface area contributed by atoms with E-state index in [1.165, 1.54) is 18.2 Å². The molecule has 2 rings (SSSR count). The molecule has 0 saturated carbocycles. The molecule has 21 heavy (non-hydrogen) atoms. The molecule has 0 aromatic heterocycles. The van der Waals surface area contributed by atoms with Gasteiger partial charge in [0.05, 0.1) is 4.92 Å². The smallest absolute Gasteiger partial charge is 0.269 e. The van der Waals surface area contributed by atoms with Crippen LogP contribution >= 0.6 is 0 Å². The number of hydrogen-bond acceptors (Lipinski definition) is 3. The van der Waals surface area contributed by atoms with Gasteiger partial charge in [-0.2, -0.15) is 0 Å². The van der Waals surface area contributed by atoms with Crippen molar-refractivity contribution in [3.63, 3.8) is 0 Å². The van der Waals surface area contributed by atoms with Crippen molar-refractivity contribution in [3.8, 4) is 0 Å². The van der Waals surface area contributed by atoms with E-state index in [0.29, 0.717) is 18.5 Å². The SMILES string of the molecule is CCNC(Cc1ccc([N+](=O)[O-])cc1)c1ccccc1F. The maximum Gasteiger partial charge on any atom is 0.269 e. The molecule has 0 bridgehead atoms. The van der Waals surface area contributed by atoms with Crippen LogP contribution in [0.1, 0.15) is 24.1 Å². The van der Waals surface area contributed by atoms with E-state index >= 15 is 0 Å². The maximum absolute atomic E-state index is 13.9. The fourth-order valence-electron chi connectivity index (χ4n) is 2.29. The zero-order valence-electron chi connectivity index (χ0n) is 11.8. The summed E-state index contributed by atoms with van der Waals surface area (Å²) in [6.45, 7) is 2.68. The molecule has 0 saturated heterocycles. The Labute approximate surface area is 122 Å². The third kappa shape index (κ3) is 3.86. The second-order valence-corrected chi connectivity index (χ2v) is 4.76. The quantitative estimate of drug-likeness (QED) is 0.652. The normalized spacial score (nSPS) is 12.1. The molecular formula is C16H17FN2O2. The molecule has 0 aliphatic carbocycles. The van der Waals surface area contributed by atoms with Gasteiger partial charge in [0.2, 0.25) is 0 Å². The lowest BCUT2D eigenvalue weighted by atomic mass is 9.98. The molecule has 0 heterocycles. The van der Waals surface area contributed by atoms with Gasteiger partial charge < -0.3 is 5.32 Å². The summed E-state index contributed by atoms with van der Waals surface area (Å²) in [7, 11) is 0. The summed E-state index contributed by atoms with van der Waals surface area (Å²) < 4.78 is 13.9. The predicted molar refractivity (Wildman–Crippen MR) is 79.6 cm³/mol. The number of likely N-dealkylation sites (N-methyl/N-ethyl adjacent to an activating group) is 1. The van der Waals surface area contributed by atoms with Crippen molar-refractivity contribution in [2.45, 2.75) is 19.4 Å². The van der Waals surface area contributed by atoms with Gasteiger partial charge in [-0.05, 0) is 24.6 Å². The molecule has 1 N–H and O–H groups in total. The zero-order valence-corrected chi connectivity index (χ0v) is 11.8. The van der Waals surface area contributed by atoms with E-state index in [2.05, 4.69) is 5.32 Å². The molecule has 2 aromatic carbocycles. The molecule has 110 valence electrons. The van der Waals surface area contributed by atoms with Crippen molar-refractivity contribution in [2.75, 3.05) is 6.54 Å². The minimum absolute atomic E-state index is 0.0599. The van der Waals surface area contributed by atoms with Gasteiger partial charge in [-0.1, -0.05) is 37.3 Å². The molecule has 2 aromatic rings. The van der Waals surface area contributed by atoms with Crippen LogP contribution in [0.5, 0.6) is 0 Å². The molecule has 0 spiro atoms. The van der Waals surface area contributed by atoms with E-state index < -0.39 is 4.92 Å². The average molecular weight is 288 g/mol. The van der Waals surface area contributed by atoms with Gasteiger partial charge in [0.1, 0.15) is 5.82 Å². The first kappa shape index (κ1) is 15.1. The second kappa shape index (κ2) is 6.95. The molecule has 0 aliphatic rings. The number of hydrogen-bond donors (Lipinski definition) is 1. The predicted octanol–water partition coefficient (Wildman–Crippen LogP) is 3.63. The molecule has 0 fully saturated rings. The molecule has 5 heteroatoms. The summed E-state index contributed by atoms with van der Waals surface area (Å²) in [5, 5.41) is 13.9. The van der Waals surface area contributed by atoms with Gasteiger partial charge in [-0.3, -0.25) is 10.1 Å².